The number of hydrogen-bond donors (Lipinski definition) is 2. The first-order valence-corrected chi connectivity index (χ1v) is 6.97. The molecule has 1 amide bonds. The summed E-state index contributed by atoms with van der Waals surface area (Å²) in [4.78, 5) is 11.7. The van der Waals surface area contributed by atoms with Crippen LogP contribution in [0, 0.1) is 0 Å². The Bertz CT molecular complexity index is 474. The van der Waals surface area contributed by atoms with Crippen LogP contribution in [-0.2, 0) is 4.79 Å². The van der Waals surface area contributed by atoms with Crippen molar-refractivity contribution < 1.29 is 14.3 Å². The molecule has 1 aromatic carbocycles. The number of primary amides is 1. The molecule has 0 bridgehead atoms. The monoisotopic (exact) mass is 278 g/mol. The second-order valence-corrected chi connectivity index (χ2v) is 5.28. The second kappa shape index (κ2) is 6.13. The number of benzene rings is 1. The lowest BCUT2D eigenvalue weighted by molar-refractivity contribution is -0.125. The highest BCUT2D eigenvalue weighted by atomic mass is 16.5. The fourth-order valence-corrected chi connectivity index (χ4v) is 1.93. The van der Waals surface area contributed by atoms with Gasteiger partial charge in [0.2, 0.25) is 5.91 Å². The van der Waals surface area contributed by atoms with Gasteiger partial charge >= 0.3 is 0 Å². The quantitative estimate of drug-likeness (QED) is 0.755. The van der Waals surface area contributed by atoms with Crippen LogP contribution in [0.4, 0.5) is 0 Å². The molecule has 5 heteroatoms. The van der Waals surface area contributed by atoms with Crippen LogP contribution in [0.2, 0.25) is 0 Å². The molecule has 1 aromatic rings. The molecule has 0 heterocycles. The molecule has 3 N–H and O–H groups in total. The number of ether oxygens (including phenoxy) is 2. The lowest BCUT2D eigenvalue weighted by Crippen LogP contribution is -2.57. The molecule has 1 atom stereocenters. The van der Waals surface area contributed by atoms with Crippen molar-refractivity contribution in [3.05, 3.63) is 24.3 Å². The molecule has 1 saturated carbocycles. The molecule has 20 heavy (non-hydrogen) atoms. The summed E-state index contributed by atoms with van der Waals surface area (Å²) in [6, 6.07) is 7.79. The van der Waals surface area contributed by atoms with E-state index in [-0.39, 0.29) is 6.61 Å². The van der Waals surface area contributed by atoms with E-state index in [1.165, 1.54) is 0 Å². The van der Waals surface area contributed by atoms with Gasteiger partial charge in [-0.2, -0.15) is 0 Å². The molecule has 2 rings (SSSR count). The van der Waals surface area contributed by atoms with Crippen LogP contribution in [0.5, 0.6) is 11.5 Å². The molecule has 1 unspecified atom stereocenters. The molecule has 1 aliphatic rings. The summed E-state index contributed by atoms with van der Waals surface area (Å²) in [6.07, 6.45) is 2.16. The fraction of sp³-hybridized carbons (Fsp3) is 0.533. The van der Waals surface area contributed by atoms with Crippen LogP contribution in [0.15, 0.2) is 24.3 Å². The number of para-hydroxylation sites is 2. The number of carbonyl (C=O) groups excluding carboxylic acids is 1. The maximum Gasteiger partial charge on any atom is 0.240 e. The van der Waals surface area contributed by atoms with Crippen molar-refractivity contribution in [3.63, 3.8) is 0 Å². The van der Waals surface area contributed by atoms with E-state index in [2.05, 4.69) is 5.32 Å². The average molecular weight is 278 g/mol. The fourth-order valence-electron chi connectivity index (χ4n) is 1.93. The molecule has 0 aliphatic heterocycles. The minimum atomic E-state index is -0.861. The third-order valence-corrected chi connectivity index (χ3v) is 3.31. The van der Waals surface area contributed by atoms with Gasteiger partial charge in [0.15, 0.2) is 11.5 Å². The Morgan fingerprint density at radius 3 is 2.45 bits per heavy atom. The van der Waals surface area contributed by atoms with E-state index < -0.39 is 11.4 Å². The maximum atomic E-state index is 11.7. The van der Waals surface area contributed by atoms with Crippen LogP contribution in [0.1, 0.15) is 26.7 Å². The van der Waals surface area contributed by atoms with E-state index in [0.29, 0.717) is 24.1 Å². The zero-order valence-electron chi connectivity index (χ0n) is 12.0. The van der Waals surface area contributed by atoms with Crippen LogP contribution in [0.25, 0.3) is 0 Å². The molecule has 1 fully saturated rings. The Hall–Kier alpha value is -1.75. The first-order chi connectivity index (χ1) is 9.55. The summed E-state index contributed by atoms with van der Waals surface area (Å²) in [5.74, 6) is 0.894. The van der Waals surface area contributed by atoms with Crippen molar-refractivity contribution in [2.45, 2.75) is 38.3 Å². The summed E-state index contributed by atoms with van der Waals surface area (Å²) in [5.41, 5.74) is 4.63. The zero-order chi connectivity index (χ0) is 14.6. The minimum absolute atomic E-state index is 0.183. The Morgan fingerprint density at radius 2 is 1.95 bits per heavy atom. The number of nitrogens with one attached hydrogen (secondary N) is 1. The number of carbonyl (C=O) groups is 1. The van der Waals surface area contributed by atoms with Gasteiger partial charge in [-0.25, -0.2) is 0 Å². The van der Waals surface area contributed by atoms with E-state index in [9.17, 15) is 4.79 Å². The van der Waals surface area contributed by atoms with Gasteiger partial charge in [0.05, 0.1) is 6.61 Å². The molecular formula is C15H22N2O3. The zero-order valence-corrected chi connectivity index (χ0v) is 12.0. The van der Waals surface area contributed by atoms with Gasteiger partial charge < -0.3 is 15.2 Å². The summed E-state index contributed by atoms with van der Waals surface area (Å²) in [6.45, 7) is 4.44. The summed E-state index contributed by atoms with van der Waals surface area (Å²) in [7, 11) is 0. The van der Waals surface area contributed by atoms with Crippen LogP contribution in [-0.4, -0.2) is 30.7 Å². The standard InChI is InChI=1S/C15H22N2O3/c1-3-19-12-6-4-5-7-13(12)20-10-15(2,14(16)18)17-11-8-9-11/h4-7,11,17H,3,8-10H2,1-2H3,(H2,16,18). The molecule has 1 aliphatic carbocycles. The van der Waals surface area contributed by atoms with Gasteiger partial charge in [-0.1, -0.05) is 12.1 Å². The maximum absolute atomic E-state index is 11.7. The summed E-state index contributed by atoms with van der Waals surface area (Å²) < 4.78 is 11.3. The SMILES string of the molecule is CCOc1ccccc1OCC(C)(NC1CC1)C(N)=O. The van der Waals surface area contributed by atoms with Crippen molar-refractivity contribution in [1.82, 2.24) is 5.32 Å². The molecular weight excluding hydrogens is 256 g/mol. The molecule has 5 nitrogen and oxygen atoms in total. The number of nitrogens with two attached hydrogens (primary N) is 1. The van der Waals surface area contributed by atoms with Crippen molar-refractivity contribution in [1.29, 1.82) is 0 Å². The largest absolute Gasteiger partial charge is 0.490 e. The van der Waals surface area contributed by atoms with Crippen molar-refractivity contribution in [3.8, 4) is 11.5 Å². The first kappa shape index (κ1) is 14.7. The highest BCUT2D eigenvalue weighted by molar-refractivity contribution is 5.84. The van der Waals surface area contributed by atoms with Gasteiger partial charge in [-0.05, 0) is 38.8 Å². The van der Waals surface area contributed by atoms with Crippen LogP contribution < -0.4 is 20.5 Å². The number of rotatable bonds is 8. The number of hydrogen-bond acceptors (Lipinski definition) is 4. The molecule has 0 aromatic heterocycles. The predicted octanol–water partition coefficient (Wildman–Crippen LogP) is 1.46. The summed E-state index contributed by atoms with van der Waals surface area (Å²) in [5, 5.41) is 3.25. The lowest BCUT2D eigenvalue weighted by atomic mass is 10.0. The lowest BCUT2D eigenvalue weighted by Gasteiger charge is -2.27. The third-order valence-electron chi connectivity index (χ3n) is 3.31. The van der Waals surface area contributed by atoms with E-state index in [1.54, 1.807) is 6.92 Å². The third kappa shape index (κ3) is 3.63. The molecule has 0 radical (unpaired) electrons. The van der Waals surface area contributed by atoms with E-state index in [0.717, 1.165) is 12.8 Å². The van der Waals surface area contributed by atoms with Gasteiger partial charge in [0.25, 0.3) is 0 Å². The van der Waals surface area contributed by atoms with Crippen LogP contribution in [0.3, 0.4) is 0 Å². The van der Waals surface area contributed by atoms with E-state index in [4.69, 9.17) is 15.2 Å². The topological polar surface area (TPSA) is 73.6 Å². The second-order valence-electron chi connectivity index (χ2n) is 5.28. The van der Waals surface area contributed by atoms with Crippen molar-refractivity contribution in [2.24, 2.45) is 5.73 Å². The average Bonchev–Trinajstić information content (AvgIpc) is 3.22. The smallest absolute Gasteiger partial charge is 0.240 e. The highest BCUT2D eigenvalue weighted by Crippen LogP contribution is 2.28. The van der Waals surface area contributed by atoms with Gasteiger partial charge in [-0.15, -0.1) is 0 Å². The van der Waals surface area contributed by atoms with Crippen LogP contribution >= 0.6 is 0 Å². The summed E-state index contributed by atoms with van der Waals surface area (Å²) >= 11 is 0. The Labute approximate surface area is 119 Å². The highest BCUT2D eigenvalue weighted by Gasteiger charge is 2.38. The van der Waals surface area contributed by atoms with Gasteiger partial charge in [0, 0.05) is 6.04 Å². The normalized spacial score (nSPS) is 17.3. The Balaban J connectivity index is 2.03. The van der Waals surface area contributed by atoms with E-state index in [1.807, 2.05) is 31.2 Å². The molecule has 0 spiro atoms. The molecule has 110 valence electrons. The Morgan fingerprint density at radius 1 is 1.35 bits per heavy atom. The number of amides is 1. The first-order valence-electron chi connectivity index (χ1n) is 6.97. The minimum Gasteiger partial charge on any atom is -0.490 e. The van der Waals surface area contributed by atoms with Crippen molar-refractivity contribution in [2.75, 3.05) is 13.2 Å². The predicted molar refractivity (Wildman–Crippen MR) is 76.9 cm³/mol. The van der Waals surface area contributed by atoms with E-state index >= 15 is 0 Å². The van der Waals surface area contributed by atoms with Gasteiger partial charge in [-0.3, -0.25) is 10.1 Å². The molecule has 0 saturated heterocycles. The Kier molecular flexibility index (Phi) is 4.49. The van der Waals surface area contributed by atoms with Crippen molar-refractivity contribution >= 4 is 5.91 Å². The van der Waals surface area contributed by atoms with Gasteiger partial charge in [0.1, 0.15) is 12.1 Å².